The number of nitrogens with zero attached hydrogens (tertiary/aromatic N) is 1. The number of carbonyl (C=O) groups is 1. The fraction of sp³-hybridized carbons (Fsp3) is 0.984. The molecule has 0 saturated carbocycles. The molecule has 0 aromatic carbocycles. The molecule has 73 heavy (non-hydrogen) atoms. The normalized spacial score (nSPS) is 13.7. The molecule has 0 heterocycles. The molecule has 0 bridgehead atoms. The lowest BCUT2D eigenvalue weighted by Crippen LogP contribution is -2.46. The van der Waals surface area contributed by atoms with Gasteiger partial charge in [-0.2, -0.15) is 0 Å². The zero-order valence-electron chi connectivity index (χ0n) is 50.2. The van der Waals surface area contributed by atoms with E-state index < -0.39 is 20.0 Å². The molecule has 0 aliphatic carbocycles. The Balaban J connectivity index is 4.03. The molecule has 1 amide bonds. The molecule has 0 rings (SSSR count). The van der Waals surface area contributed by atoms with Crippen molar-refractivity contribution in [3.05, 3.63) is 0 Å². The minimum atomic E-state index is -4.32. The van der Waals surface area contributed by atoms with Gasteiger partial charge in [-0.1, -0.05) is 335 Å². The number of likely N-dealkylation sites (N-methyl/N-ethyl adjacent to an activating group) is 1. The number of aliphatic hydroxyl groups excluding tert-OH is 1. The molecule has 0 aliphatic heterocycles. The standard InChI is InChI=1S/C64H131N2O6P/c1-6-8-10-12-14-16-18-20-22-24-26-28-30-31-32-33-34-36-37-39-41-43-45-47-49-51-53-55-57-63(67)62(61-72-73(69,70)71-60-59-66(3,4)5)65-64(68)58-56-54-52-50-48-46-44-42-40-38-35-29-27-25-23-21-19-17-15-13-11-9-7-2/h62-63,67H,6-61H2,1-5H3,(H-,65,68,69,70)/p+1. The quantitative estimate of drug-likeness (QED) is 0.0318. The van der Waals surface area contributed by atoms with E-state index in [2.05, 4.69) is 19.2 Å². The van der Waals surface area contributed by atoms with Crippen molar-refractivity contribution in [2.45, 2.75) is 366 Å². The van der Waals surface area contributed by atoms with E-state index in [-0.39, 0.29) is 19.1 Å². The molecule has 0 spiro atoms. The fourth-order valence-corrected chi connectivity index (χ4v) is 11.2. The SMILES string of the molecule is CCCCCCCCCCCCCCCCCCCCCCCCCCCCCCC(O)C(COP(=O)(O)OCC[N+](C)(C)C)NC(=O)CCCCCCCCCCCCCCCCCCCCCCCCC. The number of unbranched alkanes of at least 4 members (excludes halogenated alkanes) is 49. The number of aliphatic hydroxyl groups is 1. The van der Waals surface area contributed by atoms with Crippen LogP contribution in [-0.2, 0) is 18.4 Å². The van der Waals surface area contributed by atoms with Gasteiger partial charge in [0.15, 0.2) is 0 Å². The lowest BCUT2D eigenvalue weighted by Gasteiger charge is -2.26. The van der Waals surface area contributed by atoms with Crippen LogP contribution in [0.4, 0.5) is 0 Å². The summed E-state index contributed by atoms with van der Waals surface area (Å²) >= 11 is 0. The number of amides is 1. The summed E-state index contributed by atoms with van der Waals surface area (Å²) in [6, 6.07) is -0.756. The second-order valence-electron chi connectivity index (χ2n) is 24.2. The highest BCUT2D eigenvalue weighted by Crippen LogP contribution is 2.43. The van der Waals surface area contributed by atoms with E-state index in [9.17, 15) is 19.4 Å². The largest absolute Gasteiger partial charge is 0.472 e. The molecule has 0 radical (unpaired) electrons. The highest BCUT2D eigenvalue weighted by molar-refractivity contribution is 7.47. The second-order valence-corrected chi connectivity index (χ2v) is 25.7. The van der Waals surface area contributed by atoms with Crippen LogP contribution < -0.4 is 5.32 Å². The van der Waals surface area contributed by atoms with Crippen molar-refractivity contribution in [3.63, 3.8) is 0 Å². The molecule has 3 unspecified atom stereocenters. The number of quaternary nitrogens is 1. The van der Waals surface area contributed by atoms with E-state index in [1.807, 2.05) is 21.1 Å². The summed E-state index contributed by atoms with van der Waals surface area (Å²) in [6.45, 7) is 4.96. The monoisotopic (exact) mass is 1060 g/mol. The number of rotatable bonds is 62. The molecule has 3 atom stereocenters. The van der Waals surface area contributed by atoms with Crippen molar-refractivity contribution >= 4 is 13.7 Å². The van der Waals surface area contributed by atoms with Gasteiger partial charge in [0, 0.05) is 6.42 Å². The van der Waals surface area contributed by atoms with Crippen molar-refractivity contribution in [2.75, 3.05) is 40.9 Å². The van der Waals surface area contributed by atoms with Crippen LogP contribution in [0.25, 0.3) is 0 Å². The van der Waals surface area contributed by atoms with Gasteiger partial charge in [0.1, 0.15) is 13.2 Å². The van der Waals surface area contributed by atoms with E-state index >= 15 is 0 Å². The third kappa shape index (κ3) is 59.0. The zero-order chi connectivity index (χ0) is 53.5. The Labute approximate surface area is 457 Å². The Bertz CT molecular complexity index is 1150. The lowest BCUT2D eigenvalue weighted by molar-refractivity contribution is -0.870. The van der Waals surface area contributed by atoms with Gasteiger partial charge in [-0.25, -0.2) is 4.57 Å². The molecule has 8 nitrogen and oxygen atoms in total. The maximum absolute atomic E-state index is 13.0. The summed E-state index contributed by atoms with van der Waals surface area (Å²) < 4.78 is 23.9. The average molecular weight is 1060 g/mol. The topological polar surface area (TPSA) is 105 Å². The van der Waals surface area contributed by atoms with E-state index in [4.69, 9.17) is 9.05 Å². The third-order valence-electron chi connectivity index (χ3n) is 15.6. The van der Waals surface area contributed by atoms with Gasteiger partial charge in [0.25, 0.3) is 0 Å². The van der Waals surface area contributed by atoms with E-state index in [0.29, 0.717) is 23.9 Å². The first kappa shape index (κ1) is 72.5. The van der Waals surface area contributed by atoms with Gasteiger partial charge in [0.05, 0.1) is 39.9 Å². The van der Waals surface area contributed by atoms with E-state index in [1.165, 1.54) is 289 Å². The van der Waals surface area contributed by atoms with Crippen LogP contribution in [0.2, 0.25) is 0 Å². The van der Waals surface area contributed by atoms with Crippen LogP contribution in [-0.4, -0.2) is 73.4 Å². The van der Waals surface area contributed by atoms with Gasteiger partial charge in [-0.05, 0) is 12.8 Å². The van der Waals surface area contributed by atoms with Crippen molar-refractivity contribution in [2.24, 2.45) is 0 Å². The van der Waals surface area contributed by atoms with Crippen LogP contribution in [0.3, 0.4) is 0 Å². The van der Waals surface area contributed by atoms with Gasteiger partial charge < -0.3 is 19.8 Å². The van der Waals surface area contributed by atoms with Crippen LogP contribution in [0, 0.1) is 0 Å². The van der Waals surface area contributed by atoms with Gasteiger partial charge in [-0.15, -0.1) is 0 Å². The first-order valence-corrected chi connectivity index (χ1v) is 34.4. The molecule has 3 N–H and O–H groups in total. The summed E-state index contributed by atoms with van der Waals surface area (Å²) in [7, 11) is 1.64. The Morgan fingerprint density at radius 2 is 0.658 bits per heavy atom. The number of phosphoric ester groups is 1. The first-order valence-electron chi connectivity index (χ1n) is 32.9. The number of carbonyl (C=O) groups excluding carboxylic acids is 1. The predicted molar refractivity (Wildman–Crippen MR) is 319 cm³/mol. The molecule has 0 fully saturated rings. The molecular weight excluding hydrogens is 924 g/mol. The highest BCUT2D eigenvalue weighted by atomic mass is 31.2. The summed E-state index contributed by atoms with van der Waals surface area (Å²) in [5, 5.41) is 14.1. The van der Waals surface area contributed by atoms with E-state index in [0.717, 1.165) is 38.5 Å². The molecule has 9 heteroatoms. The maximum atomic E-state index is 13.0. The second kappa shape index (κ2) is 56.2. The van der Waals surface area contributed by atoms with Gasteiger partial charge in [0.2, 0.25) is 5.91 Å². The molecule has 0 aromatic rings. The van der Waals surface area contributed by atoms with Crippen molar-refractivity contribution in [3.8, 4) is 0 Å². The van der Waals surface area contributed by atoms with Crippen molar-refractivity contribution in [1.29, 1.82) is 0 Å². The van der Waals surface area contributed by atoms with E-state index in [1.54, 1.807) is 0 Å². The Morgan fingerprint density at radius 3 is 0.918 bits per heavy atom. The minimum absolute atomic E-state index is 0.0794. The zero-order valence-corrected chi connectivity index (χ0v) is 51.1. The summed E-state index contributed by atoms with van der Waals surface area (Å²) in [6.07, 6.45) is 69.0. The van der Waals surface area contributed by atoms with Crippen LogP contribution >= 0.6 is 7.82 Å². The lowest BCUT2D eigenvalue weighted by atomic mass is 10.0. The number of phosphoric acid groups is 1. The molecule has 0 aliphatic rings. The number of hydrogen-bond donors (Lipinski definition) is 3. The summed E-state index contributed by atoms with van der Waals surface area (Å²) in [5.74, 6) is -0.134. The van der Waals surface area contributed by atoms with Crippen LogP contribution in [0.15, 0.2) is 0 Å². The summed E-state index contributed by atoms with van der Waals surface area (Å²) in [5.41, 5.74) is 0. The smallest absolute Gasteiger partial charge is 0.391 e. The molecular formula is C64H132N2O6P+. The van der Waals surface area contributed by atoms with Crippen molar-refractivity contribution < 1.29 is 32.9 Å². The van der Waals surface area contributed by atoms with Crippen LogP contribution in [0.5, 0.6) is 0 Å². The Hall–Kier alpha value is -0.500. The third-order valence-corrected chi connectivity index (χ3v) is 16.6. The Kier molecular flexibility index (Phi) is 55.8. The number of hydrogen-bond acceptors (Lipinski definition) is 5. The maximum Gasteiger partial charge on any atom is 0.472 e. The molecule has 438 valence electrons. The summed E-state index contributed by atoms with van der Waals surface area (Å²) in [4.78, 5) is 23.4. The average Bonchev–Trinajstić information content (AvgIpc) is 3.35. The minimum Gasteiger partial charge on any atom is -0.391 e. The molecule has 0 saturated heterocycles. The fourth-order valence-electron chi connectivity index (χ4n) is 10.5. The van der Waals surface area contributed by atoms with Crippen molar-refractivity contribution in [1.82, 2.24) is 5.32 Å². The van der Waals surface area contributed by atoms with Crippen LogP contribution in [0.1, 0.15) is 354 Å². The highest BCUT2D eigenvalue weighted by Gasteiger charge is 2.28. The first-order chi connectivity index (χ1) is 35.5. The molecule has 0 aromatic heterocycles. The number of nitrogens with one attached hydrogen (secondary N) is 1. The van der Waals surface area contributed by atoms with Gasteiger partial charge >= 0.3 is 7.82 Å². The Morgan fingerprint density at radius 1 is 0.411 bits per heavy atom. The predicted octanol–water partition coefficient (Wildman–Crippen LogP) is 20.4. The van der Waals surface area contributed by atoms with Gasteiger partial charge in [-0.3, -0.25) is 13.8 Å².